The van der Waals surface area contributed by atoms with Gasteiger partial charge in [0.15, 0.2) is 6.10 Å². The molecule has 0 bridgehead atoms. The van der Waals surface area contributed by atoms with Crippen LogP contribution in [0.15, 0.2) is 97.2 Å². The summed E-state index contributed by atoms with van der Waals surface area (Å²) in [6, 6.07) is 0. The van der Waals surface area contributed by atoms with Gasteiger partial charge in [-0.1, -0.05) is 285 Å². The van der Waals surface area contributed by atoms with Crippen LogP contribution in [-0.4, -0.2) is 37.2 Å². The van der Waals surface area contributed by atoms with E-state index in [0.29, 0.717) is 19.3 Å². The van der Waals surface area contributed by atoms with Gasteiger partial charge in [0, 0.05) is 19.3 Å². The summed E-state index contributed by atoms with van der Waals surface area (Å²) in [4.78, 5) is 38.3. The number of carbonyl (C=O) groups is 3. The monoisotopic (exact) mass is 1080 g/mol. The summed E-state index contributed by atoms with van der Waals surface area (Å²) < 4.78 is 16.9. The molecule has 78 heavy (non-hydrogen) atoms. The predicted molar refractivity (Wildman–Crippen MR) is 339 cm³/mol. The van der Waals surface area contributed by atoms with Crippen LogP contribution in [0.4, 0.5) is 0 Å². The summed E-state index contributed by atoms with van der Waals surface area (Å²) in [6.07, 6.45) is 88.6. The highest BCUT2D eigenvalue weighted by Gasteiger charge is 2.19. The molecule has 0 amide bonds. The highest BCUT2D eigenvalue weighted by Crippen LogP contribution is 2.17. The number of allylic oxidation sites excluding steroid dienone is 16. The molecule has 6 nitrogen and oxygen atoms in total. The molecule has 0 aliphatic heterocycles. The Morgan fingerprint density at radius 3 is 0.846 bits per heavy atom. The van der Waals surface area contributed by atoms with Crippen LogP contribution in [0.2, 0.25) is 0 Å². The van der Waals surface area contributed by atoms with E-state index in [2.05, 4.69) is 118 Å². The van der Waals surface area contributed by atoms with Crippen LogP contribution >= 0.6 is 0 Å². The van der Waals surface area contributed by atoms with Gasteiger partial charge in [0.25, 0.3) is 0 Å². The van der Waals surface area contributed by atoms with E-state index in [4.69, 9.17) is 14.2 Å². The van der Waals surface area contributed by atoms with Gasteiger partial charge >= 0.3 is 17.9 Å². The van der Waals surface area contributed by atoms with E-state index in [-0.39, 0.29) is 31.1 Å². The van der Waals surface area contributed by atoms with Gasteiger partial charge in [-0.2, -0.15) is 0 Å². The molecule has 6 heteroatoms. The lowest BCUT2D eigenvalue weighted by Gasteiger charge is -2.18. The molecular weight excluding hydrogens is 961 g/mol. The maximum atomic E-state index is 12.9. The van der Waals surface area contributed by atoms with Crippen molar-refractivity contribution in [2.24, 2.45) is 0 Å². The second-order valence-corrected chi connectivity index (χ2v) is 22.0. The van der Waals surface area contributed by atoms with E-state index in [1.807, 2.05) is 0 Å². The summed E-state index contributed by atoms with van der Waals surface area (Å²) in [7, 11) is 0. The van der Waals surface area contributed by atoms with Gasteiger partial charge in [-0.25, -0.2) is 0 Å². The van der Waals surface area contributed by atoms with Gasteiger partial charge in [0.2, 0.25) is 0 Å². The number of carbonyl (C=O) groups excluding carboxylic acids is 3. The smallest absolute Gasteiger partial charge is 0.306 e. The highest BCUT2D eigenvalue weighted by atomic mass is 16.6. The molecule has 1 atom stereocenters. The third-order valence-electron chi connectivity index (χ3n) is 14.3. The lowest BCUT2D eigenvalue weighted by atomic mass is 10.0. The molecule has 0 aromatic carbocycles. The minimum absolute atomic E-state index is 0.0831. The standard InChI is InChI=1S/C72H124O6/c1-4-7-10-13-16-19-22-25-27-29-30-31-32-33-34-35-36-37-38-39-40-41-42-43-45-47-50-53-56-59-62-65-71(74)77-68-69(67-76-70(73)64-61-58-55-52-49-46-24-21-18-15-12-9-6-3)78-72(75)66-63-60-57-54-51-48-44-28-26-23-20-17-14-11-8-5-2/h7,10,12,15-16,19,21,24-25,27-28,30-31,33-34,44,69H,4-6,8-9,11,13-14,17-18,20,22-23,26,29,32,35-43,45-68H2,1-3H3/b10-7-,15-12-,19-16-,24-21-,27-25-,31-30-,34-33-,44-28-. The molecule has 0 fully saturated rings. The van der Waals surface area contributed by atoms with Crippen molar-refractivity contribution in [2.75, 3.05) is 13.2 Å². The third-order valence-corrected chi connectivity index (χ3v) is 14.3. The number of rotatable bonds is 60. The van der Waals surface area contributed by atoms with Gasteiger partial charge in [0.05, 0.1) is 0 Å². The van der Waals surface area contributed by atoms with Crippen molar-refractivity contribution in [3.05, 3.63) is 97.2 Å². The Labute approximate surface area is 483 Å². The van der Waals surface area contributed by atoms with Gasteiger partial charge < -0.3 is 14.2 Å². The molecule has 0 spiro atoms. The van der Waals surface area contributed by atoms with Crippen molar-refractivity contribution >= 4 is 17.9 Å². The summed E-state index contributed by atoms with van der Waals surface area (Å²) in [5.74, 6) is -0.895. The fourth-order valence-corrected chi connectivity index (χ4v) is 9.33. The first-order chi connectivity index (χ1) is 38.5. The Balaban J connectivity index is 4.21. The Morgan fingerprint density at radius 1 is 0.269 bits per heavy atom. The SMILES string of the molecule is CC/C=C\C/C=C\C/C=C\C/C=C\C/C=C\CCCCCCCCCCCCCCCCCC(=O)OCC(COC(=O)CCCCCCC/C=C\C/C=C\CCC)OC(=O)CCCCCCC/C=C\CCCCCCCCC. The average Bonchev–Trinajstić information content (AvgIpc) is 3.44. The molecule has 0 heterocycles. The molecule has 1 unspecified atom stereocenters. The van der Waals surface area contributed by atoms with Gasteiger partial charge in [-0.3, -0.25) is 14.4 Å². The Morgan fingerprint density at radius 2 is 0.526 bits per heavy atom. The van der Waals surface area contributed by atoms with Gasteiger partial charge in [-0.05, 0) is 116 Å². The van der Waals surface area contributed by atoms with Crippen molar-refractivity contribution < 1.29 is 28.6 Å². The fraction of sp³-hybridized carbons (Fsp3) is 0.736. The summed E-state index contributed by atoms with van der Waals surface area (Å²) in [5.41, 5.74) is 0. The van der Waals surface area contributed by atoms with E-state index in [9.17, 15) is 14.4 Å². The van der Waals surface area contributed by atoms with E-state index in [1.54, 1.807) is 0 Å². The maximum Gasteiger partial charge on any atom is 0.306 e. The van der Waals surface area contributed by atoms with Crippen LogP contribution in [0.3, 0.4) is 0 Å². The zero-order valence-electron chi connectivity index (χ0n) is 51.4. The first-order valence-electron chi connectivity index (χ1n) is 33.2. The van der Waals surface area contributed by atoms with Crippen LogP contribution in [0.25, 0.3) is 0 Å². The van der Waals surface area contributed by atoms with Gasteiger partial charge in [-0.15, -0.1) is 0 Å². The number of hydrogen-bond donors (Lipinski definition) is 0. The molecular formula is C72H124O6. The zero-order chi connectivity index (χ0) is 56.4. The van der Waals surface area contributed by atoms with E-state index >= 15 is 0 Å². The number of hydrogen-bond acceptors (Lipinski definition) is 6. The quantitative estimate of drug-likeness (QED) is 0.0261. The molecule has 0 aliphatic rings. The number of unbranched alkanes of at least 4 members (excludes halogenated alkanes) is 33. The molecule has 448 valence electrons. The summed E-state index contributed by atoms with van der Waals surface area (Å²) >= 11 is 0. The summed E-state index contributed by atoms with van der Waals surface area (Å²) in [6.45, 7) is 6.47. The van der Waals surface area contributed by atoms with Crippen LogP contribution in [-0.2, 0) is 28.6 Å². The number of ether oxygens (including phenoxy) is 3. The topological polar surface area (TPSA) is 78.9 Å². The van der Waals surface area contributed by atoms with Crippen LogP contribution in [0.1, 0.15) is 323 Å². The molecule has 0 N–H and O–H groups in total. The molecule has 0 saturated carbocycles. The number of esters is 3. The minimum atomic E-state index is -0.787. The maximum absolute atomic E-state index is 12.9. The Hall–Kier alpha value is -3.67. The van der Waals surface area contributed by atoms with E-state index in [0.717, 1.165) is 128 Å². The molecule has 0 aromatic heterocycles. The fourth-order valence-electron chi connectivity index (χ4n) is 9.33. The van der Waals surface area contributed by atoms with Crippen molar-refractivity contribution in [1.29, 1.82) is 0 Å². The van der Waals surface area contributed by atoms with E-state index < -0.39 is 6.10 Å². The largest absolute Gasteiger partial charge is 0.462 e. The van der Waals surface area contributed by atoms with Crippen molar-refractivity contribution in [1.82, 2.24) is 0 Å². The first-order valence-corrected chi connectivity index (χ1v) is 33.2. The molecule has 0 saturated heterocycles. The van der Waals surface area contributed by atoms with Gasteiger partial charge in [0.1, 0.15) is 13.2 Å². The second-order valence-electron chi connectivity index (χ2n) is 22.0. The Bertz CT molecular complexity index is 1530. The van der Waals surface area contributed by atoms with E-state index in [1.165, 1.54) is 154 Å². The second kappa shape index (κ2) is 65.8. The lowest BCUT2D eigenvalue weighted by Crippen LogP contribution is -2.30. The van der Waals surface area contributed by atoms with Crippen molar-refractivity contribution in [3.63, 3.8) is 0 Å². The zero-order valence-corrected chi connectivity index (χ0v) is 51.4. The minimum Gasteiger partial charge on any atom is -0.462 e. The Kier molecular flexibility index (Phi) is 62.7. The predicted octanol–water partition coefficient (Wildman–Crippen LogP) is 22.8. The summed E-state index contributed by atoms with van der Waals surface area (Å²) in [5, 5.41) is 0. The molecule has 0 rings (SSSR count). The van der Waals surface area contributed by atoms with Crippen LogP contribution in [0, 0.1) is 0 Å². The van der Waals surface area contributed by atoms with Crippen LogP contribution < -0.4 is 0 Å². The third kappa shape index (κ3) is 63.2. The normalized spacial score (nSPS) is 12.7. The highest BCUT2D eigenvalue weighted by molar-refractivity contribution is 5.71. The van der Waals surface area contributed by atoms with Crippen molar-refractivity contribution in [2.45, 2.75) is 329 Å². The molecule has 0 aromatic rings. The van der Waals surface area contributed by atoms with Crippen LogP contribution in [0.5, 0.6) is 0 Å². The lowest BCUT2D eigenvalue weighted by molar-refractivity contribution is -0.167. The first kappa shape index (κ1) is 74.3. The molecule has 0 aliphatic carbocycles. The average molecular weight is 1090 g/mol. The molecule has 0 radical (unpaired) electrons. The van der Waals surface area contributed by atoms with Crippen molar-refractivity contribution in [3.8, 4) is 0 Å².